The Balaban J connectivity index is 1.69. The minimum Gasteiger partial charge on any atom is -0.496 e. The summed E-state index contributed by atoms with van der Waals surface area (Å²) in [4.78, 5) is 15.2. The molecule has 0 atom stereocenters. The van der Waals surface area contributed by atoms with Crippen LogP contribution in [0.4, 0.5) is 0 Å². The smallest absolute Gasteiger partial charge is 0.257 e. The van der Waals surface area contributed by atoms with Gasteiger partial charge >= 0.3 is 0 Å². The summed E-state index contributed by atoms with van der Waals surface area (Å²) < 4.78 is 34.7. The Hall–Kier alpha value is -3.16. The number of piperidine rings is 1. The molecule has 3 aromatic carbocycles. The van der Waals surface area contributed by atoms with Gasteiger partial charge in [0.05, 0.1) is 17.6 Å². The van der Waals surface area contributed by atoms with Crippen LogP contribution in [-0.2, 0) is 23.1 Å². The molecule has 1 aliphatic heterocycles. The maximum Gasteiger partial charge on any atom is 0.257 e. The van der Waals surface area contributed by atoms with Crippen molar-refractivity contribution < 1.29 is 17.9 Å². The third-order valence-electron chi connectivity index (χ3n) is 6.51. The number of methoxy groups -OCH3 is 1. The van der Waals surface area contributed by atoms with Crippen LogP contribution in [0.1, 0.15) is 41.3 Å². The highest BCUT2D eigenvalue weighted by atomic mass is 32.2. The second-order valence-corrected chi connectivity index (χ2v) is 11.0. The van der Waals surface area contributed by atoms with Crippen molar-refractivity contribution in [2.24, 2.45) is 5.92 Å². The molecular formula is C28H32N2O4S. The summed E-state index contributed by atoms with van der Waals surface area (Å²) in [6.45, 7) is 3.95. The fourth-order valence-corrected chi connectivity index (χ4v) is 5.79. The zero-order chi connectivity index (χ0) is 24.8. The molecule has 7 heteroatoms. The van der Waals surface area contributed by atoms with Gasteiger partial charge in [-0.2, -0.15) is 4.31 Å². The van der Waals surface area contributed by atoms with Gasteiger partial charge in [-0.3, -0.25) is 4.79 Å². The standard InChI is InChI=1S/C28H32N2O4S/c1-22-15-17-29(18-16-22)28(31)26-19-25(13-14-27(26)34-2)35(32,33)30(20-23-9-5-3-6-10-23)21-24-11-7-4-8-12-24/h3-14,19,22H,15-18,20-21H2,1-2H3. The maximum absolute atomic E-state index is 13.9. The van der Waals surface area contributed by atoms with Crippen molar-refractivity contribution in [1.29, 1.82) is 0 Å². The molecule has 3 aromatic rings. The van der Waals surface area contributed by atoms with Crippen molar-refractivity contribution >= 4 is 15.9 Å². The lowest BCUT2D eigenvalue weighted by Gasteiger charge is -2.31. The Morgan fingerprint density at radius 2 is 1.46 bits per heavy atom. The molecule has 0 radical (unpaired) electrons. The molecule has 6 nitrogen and oxygen atoms in total. The van der Waals surface area contributed by atoms with Gasteiger partial charge < -0.3 is 9.64 Å². The Kier molecular flexibility index (Phi) is 7.88. The van der Waals surface area contributed by atoms with E-state index < -0.39 is 10.0 Å². The van der Waals surface area contributed by atoms with Gasteiger partial charge in [0.1, 0.15) is 5.75 Å². The topological polar surface area (TPSA) is 66.9 Å². The molecule has 35 heavy (non-hydrogen) atoms. The quantitative estimate of drug-likeness (QED) is 0.446. The first-order valence-corrected chi connectivity index (χ1v) is 13.4. The highest BCUT2D eigenvalue weighted by Crippen LogP contribution is 2.29. The van der Waals surface area contributed by atoms with Crippen LogP contribution < -0.4 is 4.74 Å². The third kappa shape index (κ3) is 5.92. The molecule has 1 heterocycles. The number of benzene rings is 3. The van der Waals surface area contributed by atoms with Crippen LogP contribution in [0.15, 0.2) is 83.8 Å². The average molecular weight is 493 g/mol. The van der Waals surface area contributed by atoms with Gasteiger partial charge in [-0.05, 0) is 48.1 Å². The summed E-state index contributed by atoms with van der Waals surface area (Å²) in [5.41, 5.74) is 2.06. The summed E-state index contributed by atoms with van der Waals surface area (Å²) in [5.74, 6) is 0.769. The van der Waals surface area contributed by atoms with E-state index in [0.29, 0.717) is 24.8 Å². The number of carbonyl (C=O) groups excluding carboxylic acids is 1. The predicted molar refractivity (Wildman–Crippen MR) is 137 cm³/mol. The van der Waals surface area contributed by atoms with E-state index in [1.54, 1.807) is 11.0 Å². The van der Waals surface area contributed by atoms with Gasteiger partial charge in [0.25, 0.3) is 5.91 Å². The second kappa shape index (κ2) is 11.1. The molecule has 0 N–H and O–H groups in total. The number of nitrogens with zero attached hydrogens (tertiary/aromatic N) is 2. The summed E-state index contributed by atoms with van der Waals surface area (Å²) in [6, 6.07) is 23.6. The van der Waals surface area contributed by atoms with Gasteiger partial charge in [0, 0.05) is 26.2 Å². The van der Waals surface area contributed by atoms with Crippen LogP contribution in [0.3, 0.4) is 0 Å². The highest BCUT2D eigenvalue weighted by Gasteiger charge is 2.29. The normalized spacial score (nSPS) is 14.8. The van der Waals surface area contributed by atoms with E-state index in [-0.39, 0.29) is 29.5 Å². The second-order valence-electron chi connectivity index (χ2n) is 9.08. The molecule has 0 saturated carbocycles. The van der Waals surface area contributed by atoms with Crippen LogP contribution >= 0.6 is 0 Å². The zero-order valence-electron chi connectivity index (χ0n) is 20.3. The highest BCUT2D eigenvalue weighted by molar-refractivity contribution is 7.89. The molecular weight excluding hydrogens is 460 g/mol. The van der Waals surface area contributed by atoms with Crippen molar-refractivity contribution in [3.63, 3.8) is 0 Å². The number of ether oxygens (including phenoxy) is 1. The number of rotatable bonds is 8. The van der Waals surface area contributed by atoms with Crippen LogP contribution in [0.25, 0.3) is 0 Å². The molecule has 0 unspecified atom stereocenters. The van der Waals surface area contributed by atoms with E-state index in [2.05, 4.69) is 6.92 Å². The fourth-order valence-electron chi connectivity index (χ4n) is 4.35. The monoisotopic (exact) mass is 492 g/mol. The van der Waals surface area contributed by atoms with Crippen molar-refractivity contribution in [1.82, 2.24) is 9.21 Å². The molecule has 184 valence electrons. The Labute approximate surface area is 208 Å². The lowest BCUT2D eigenvalue weighted by molar-refractivity contribution is 0.0693. The van der Waals surface area contributed by atoms with E-state index in [1.807, 2.05) is 60.7 Å². The van der Waals surface area contributed by atoms with Gasteiger partial charge in [-0.25, -0.2) is 8.42 Å². The Morgan fingerprint density at radius 3 is 1.97 bits per heavy atom. The summed E-state index contributed by atoms with van der Waals surface area (Å²) in [7, 11) is -2.42. The lowest BCUT2D eigenvalue weighted by atomic mass is 9.98. The summed E-state index contributed by atoms with van der Waals surface area (Å²) >= 11 is 0. The lowest BCUT2D eigenvalue weighted by Crippen LogP contribution is -2.38. The van der Waals surface area contributed by atoms with Crippen molar-refractivity contribution in [3.05, 3.63) is 95.6 Å². The molecule has 0 bridgehead atoms. The van der Waals surface area contributed by atoms with E-state index >= 15 is 0 Å². The molecule has 0 aliphatic carbocycles. The van der Waals surface area contributed by atoms with Gasteiger partial charge in [-0.1, -0.05) is 67.6 Å². The number of hydrogen-bond donors (Lipinski definition) is 0. The number of amides is 1. The van der Waals surface area contributed by atoms with Crippen LogP contribution in [0.2, 0.25) is 0 Å². The zero-order valence-corrected chi connectivity index (χ0v) is 21.1. The van der Waals surface area contributed by atoms with Crippen molar-refractivity contribution in [3.8, 4) is 5.75 Å². The first-order valence-electron chi connectivity index (χ1n) is 11.9. The van der Waals surface area contributed by atoms with Crippen LogP contribution in [-0.4, -0.2) is 43.7 Å². The van der Waals surface area contributed by atoms with Gasteiger partial charge in [-0.15, -0.1) is 0 Å². The largest absolute Gasteiger partial charge is 0.496 e. The SMILES string of the molecule is COc1ccc(S(=O)(=O)N(Cc2ccccc2)Cc2ccccc2)cc1C(=O)N1CCC(C)CC1. The van der Waals surface area contributed by atoms with Crippen molar-refractivity contribution in [2.75, 3.05) is 20.2 Å². The van der Waals surface area contributed by atoms with E-state index in [4.69, 9.17) is 4.74 Å². The first-order chi connectivity index (χ1) is 16.9. The minimum absolute atomic E-state index is 0.0823. The molecule has 1 saturated heterocycles. The number of hydrogen-bond acceptors (Lipinski definition) is 4. The van der Waals surface area contributed by atoms with Crippen LogP contribution in [0.5, 0.6) is 5.75 Å². The van der Waals surface area contributed by atoms with Crippen LogP contribution in [0, 0.1) is 5.92 Å². The molecule has 1 aliphatic rings. The van der Waals surface area contributed by atoms with E-state index in [0.717, 1.165) is 24.0 Å². The maximum atomic E-state index is 13.9. The fraction of sp³-hybridized carbons (Fsp3) is 0.321. The number of carbonyl (C=O) groups is 1. The van der Waals surface area contributed by atoms with Crippen molar-refractivity contribution in [2.45, 2.75) is 37.8 Å². The Morgan fingerprint density at radius 1 is 0.914 bits per heavy atom. The molecule has 1 fully saturated rings. The predicted octanol–water partition coefficient (Wildman–Crippen LogP) is 4.96. The number of sulfonamides is 1. The van der Waals surface area contributed by atoms with Gasteiger partial charge in [0.15, 0.2) is 0 Å². The molecule has 1 amide bonds. The first kappa shape index (κ1) is 24.9. The summed E-state index contributed by atoms with van der Waals surface area (Å²) in [6.07, 6.45) is 1.88. The Bertz CT molecular complexity index is 1200. The molecule has 0 spiro atoms. The summed E-state index contributed by atoms with van der Waals surface area (Å²) in [5, 5.41) is 0. The average Bonchev–Trinajstić information content (AvgIpc) is 2.89. The van der Waals surface area contributed by atoms with E-state index in [9.17, 15) is 13.2 Å². The molecule has 4 rings (SSSR count). The minimum atomic E-state index is -3.91. The van der Waals surface area contributed by atoms with E-state index in [1.165, 1.54) is 23.5 Å². The number of likely N-dealkylation sites (tertiary alicyclic amines) is 1. The van der Waals surface area contributed by atoms with Gasteiger partial charge in [0.2, 0.25) is 10.0 Å². The molecule has 0 aromatic heterocycles. The third-order valence-corrected chi connectivity index (χ3v) is 8.30.